The molecule has 146 valence electrons. The van der Waals surface area contributed by atoms with E-state index in [2.05, 4.69) is 38.1 Å². The van der Waals surface area contributed by atoms with E-state index in [1.165, 1.54) is 12.0 Å². The number of anilines is 3. The molecular formula is C22H20N4O2S. The second-order valence-corrected chi connectivity index (χ2v) is 7.40. The van der Waals surface area contributed by atoms with Gasteiger partial charge in [0.1, 0.15) is 5.82 Å². The molecule has 0 radical (unpaired) electrons. The molecule has 0 atom stereocenters. The Hall–Kier alpha value is -3.45. The number of nitrogens with one attached hydrogen (secondary N) is 2. The van der Waals surface area contributed by atoms with Gasteiger partial charge in [-0.3, -0.25) is 0 Å². The summed E-state index contributed by atoms with van der Waals surface area (Å²) < 4.78 is 4.79. The first-order chi connectivity index (χ1) is 14.2. The summed E-state index contributed by atoms with van der Waals surface area (Å²) in [6.45, 7) is 0.777. The van der Waals surface area contributed by atoms with Gasteiger partial charge in [0, 0.05) is 22.5 Å². The van der Waals surface area contributed by atoms with Gasteiger partial charge in [0.05, 0.1) is 18.2 Å². The van der Waals surface area contributed by atoms with Crippen LogP contribution in [-0.2, 0) is 11.2 Å². The summed E-state index contributed by atoms with van der Waals surface area (Å²) in [7, 11) is 1.36. The van der Waals surface area contributed by atoms with Crippen LogP contribution in [0.5, 0.6) is 0 Å². The third-order valence-electron chi connectivity index (χ3n) is 4.39. The predicted octanol–water partition coefficient (Wildman–Crippen LogP) is 4.88. The standard InChI is InChI=1S/C22H20N4O2S/c1-28-21(27)15-6-4-7-16(14-15)24-22-25-19-10-3-2-9-18(19)20(26-22)23-12-11-17-8-5-13-29-17/h2-10,13-14H,11-12H2,1H3,(H2,23,24,25,26). The SMILES string of the molecule is COC(=O)c1cccc(Nc2nc(NCCc3cccs3)c3ccccc3n2)c1. The van der Waals surface area contributed by atoms with Crippen molar-refractivity contribution in [1.29, 1.82) is 0 Å². The maximum Gasteiger partial charge on any atom is 0.337 e. The number of nitrogens with zero attached hydrogens (tertiary/aromatic N) is 2. The molecule has 29 heavy (non-hydrogen) atoms. The number of thiophene rings is 1. The lowest BCUT2D eigenvalue weighted by molar-refractivity contribution is 0.0601. The average Bonchev–Trinajstić information content (AvgIpc) is 3.27. The Morgan fingerprint density at radius 3 is 2.79 bits per heavy atom. The highest BCUT2D eigenvalue weighted by Gasteiger charge is 2.10. The molecule has 2 N–H and O–H groups in total. The predicted molar refractivity (Wildman–Crippen MR) is 117 cm³/mol. The Kier molecular flexibility index (Phi) is 5.67. The third-order valence-corrected chi connectivity index (χ3v) is 5.32. The minimum absolute atomic E-state index is 0.385. The van der Waals surface area contributed by atoms with Gasteiger partial charge in [0.2, 0.25) is 5.95 Å². The van der Waals surface area contributed by atoms with Crippen molar-refractivity contribution < 1.29 is 9.53 Å². The van der Waals surface area contributed by atoms with Gasteiger partial charge in [0.25, 0.3) is 0 Å². The molecule has 0 saturated carbocycles. The number of esters is 1. The smallest absolute Gasteiger partial charge is 0.337 e. The molecule has 0 fully saturated rings. The molecule has 0 unspecified atom stereocenters. The Morgan fingerprint density at radius 2 is 1.97 bits per heavy atom. The molecule has 7 heteroatoms. The van der Waals surface area contributed by atoms with Crippen molar-refractivity contribution in [3.8, 4) is 0 Å². The number of fused-ring (bicyclic) bond motifs is 1. The molecule has 0 amide bonds. The first-order valence-corrected chi connectivity index (χ1v) is 10.1. The van der Waals surface area contributed by atoms with Gasteiger partial charge in [-0.05, 0) is 48.2 Å². The van der Waals surface area contributed by atoms with E-state index < -0.39 is 0 Å². The maximum absolute atomic E-state index is 11.8. The van der Waals surface area contributed by atoms with Gasteiger partial charge in [-0.2, -0.15) is 4.98 Å². The lowest BCUT2D eigenvalue weighted by Crippen LogP contribution is -2.08. The first kappa shape index (κ1) is 18.9. The van der Waals surface area contributed by atoms with Gasteiger partial charge in [0.15, 0.2) is 0 Å². The molecular weight excluding hydrogens is 384 g/mol. The number of rotatable bonds is 7. The van der Waals surface area contributed by atoms with Crippen molar-refractivity contribution in [3.05, 3.63) is 76.5 Å². The fraction of sp³-hybridized carbons (Fsp3) is 0.136. The van der Waals surface area contributed by atoms with Crippen LogP contribution in [0.3, 0.4) is 0 Å². The summed E-state index contributed by atoms with van der Waals surface area (Å²) in [6.07, 6.45) is 0.930. The van der Waals surface area contributed by atoms with Crippen molar-refractivity contribution in [2.24, 2.45) is 0 Å². The number of para-hydroxylation sites is 1. The van der Waals surface area contributed by atoms with E-state index in [4.69, 9.17) is 4.74 Å². The Morgan fingerprint density at radius 1 is 1.07 bits per heavy atom. The molecule has 0 aliphatic rings. The highest BCUT2D eigenvalue weighted by atomic mass is 32.1. The molecule has 2 heterocycles. The second kappa shape index (κ2) is 8.70. The van der Waals surface area contributed by atoms with Crippen LogP contribution < -0.4 is 10.6 Å². The molecule has 0 saturated heterocycles. The highest BCUT2D eigenvalue weighted by molar-refractivity contribution is 7.09. The van der Waals surface area contributed by atoms with E-state index in [0.717, 1.165) is 29.7 Å². The zero-order chi connectivity index (χ0) is 20.1. The molecule has 0 spiro atoms. The topological polar surface area (TPSA) is 76.1 Å². The molecule has 4 aromatic rings. The number of hydrogen-bond acceptors (Lipinski definition) is 7. The summed E-state index contributed by atoms with van der Waals surface area (Å²) in [5.41, 5.74) is 2.02. The van der Waals surface area contributed by atoms with E-state index >= 15 is 0 Å². The Labute approximate surface area is 172 Å². The van der Waals surface area contributed by atoms with Gasteiger partial charge >= 0.3 is 5.97 Å². The average molecular weight is 404 g/mol. The quantitative estimate of drug-likeness (QED) is 0.428. The molecule has 0 aliphatic carbocycles. The van der Waals surface area contributed by atoms with E-state index in [-0.39, 0.29) is 5.97 Å². The van der Waals surface area contributed by atoms with Crippen molar-refractivity contribution >= 4 is 45.7 Å². The van der Waals surface area contributed by atoms with Crippen molar-refractivity contribution in [2.45, 2.75) is 6.42 Å². The molecule has 0 aliphatic heterocycles. The van der Waals surface area contributed by atoms with E-state index in [1.54, 1.807) is 29.5 Å². The lowest BCUT2D eigenvalue weighted by Gasteiger charge is -2.12. The van der Waals surface area contributed by atoms with Crippen LogP contribution in [0.25, 0.3) is 10.9 Å². The summed E-state index contributed by atoms with van der Waals surface area (Å²) >= 11 is 1.75. The number of carbonyl (C=O) groups is 1. The second-order valence-electron chi connectivity index (χ2n) is 6.37. The number of hydrogen-bond donors (Lipinski definition) is 2. The van der Waals surface area contributed by atoms with E-state index in [1.807, 2.05) is 30.3 Å². The summed E-state index contributed by atoms with van der Waals surface area (Å²) in [5, 5.41) is 9.67. The number of methoxy groups -OCH3 is 1. The molecule has 0 bridgehead atoms. The number of aromatic nitrogens is 2. The Balaban J connectivity index is 1.59. The fourth-order valence-corrected chi connectivity index (χ4v) is 3.71. The summed E-state index contributed by atoms with van der Waals surface area (Å²) in [5.74, 6) is 0.854. The van der Waals surface area contributed by atoms with Gasteiger partial charge in [-0.25, -0.2) is 9.78 Å². The van der Waals surface area contributed by atoms with Gasteiger partial charge in [-0.1, -0.05) is 24.3 Å². The normalized spacial score (nSPS) is 10.7. The van der Waals surface area contributed by atoms with Crippen molar-refractivity contribution in [2.75, 3.05) is 24.3 Å². The maximum atomic E-state index is 11.8. The molecule has 2 aromatic heterocycles. The lowest BCUT2D eigenvalue weighted by atomic mass is 10.2. The number of carbonyl (C=O) groups excluding carboxylic acids is 1. The first-order valence-electron chi connectivity index (χ1n) is 9.21. The van der Waals surface area contributed by atoms with Crippen LogP contribution in [0.1, 0.15) is 15.2 Å². The van der Waals surface area contributed by atoms with Crippen molar-refractivity contribution in [1.82, 2.24) is 9.97 Å². The minimum atomic E-state index is -0.385. The Bertz CT molecular complexity index is 1130. The summed E-state index contributed by atoms with van der Waals surface area (Å²) in [4.78, 5) is 22.4. The van der Waals surface area contributed by atoms with Crippen LogP contribution in [0.2, 0.25) is 0 Å². The zero-order valence-corrected chi connectivity index (χ0v) is 16.7. The number of benzene rings is 2. The zero-order valence-electron chi connectivity index (χ0n) is 15.9. The van der Waals surface area contributed by atoms with Crippen LogP contribution >= 0.6 is 11.3 Å². The van der Waals surface area contributed by atoms with Crippen molar-refractivity contribution in [3.63, 3.8) is 0 Å². The summed E-state index contributed by atoms with van der Waals surface area (Å²) in [6, 6.07) is 19.1. The highest BCUT2D eigenvalue weighted by Crippen LogP contribution is 2.24. The largest absolute Gasteiger partial charge is 0.465 e. The molecule has 6 nitrogen and oxygen atoms in total. The minimum Gasteiger partial charge on any atom is -0.465 e. The van der Waals surface area contributed by atoms with E-state index in [0.29, 0.717) is 17.2 Å². The van der Waals surface area contributed by atoms with Gasteiger partial charge < -0.3 is 15.4 Å². The molecule has 4 rings (SSSR count). The van der Waals surface area contributed by atoms with Crippen LogP contribution in [-0.4, -0.2) is 29.6 Å². The van der Waals surface area contributed by atoms with Crippen LogP contribution in [0.4, 0.5) is 17.5 Å². The fourth-order valence-electron chi connectivity index (χ4n) is 3.00. The van der Waals surface area contributed by atoms with Crippen LogP contribution in [0, 0.1) is 0 Å². The van der Waals surface area contributed by atoms with Gasteiger partial charge in [-0.15, -0.1) is 11.3 Å². The van der Waals surface area contributed by atoms with Crippen LogP contribution in [0.15, 0.2) is 66.0 Å². The third kappa shape index (κ3) is 4.52. The number of ether oxygens (including phenoxy) is 1. The molecule has 2 aromatic carbocycles. The monoisotopic (exact) mass is 404 g/mol. The van der Waals surface area contributed by atoms with E-state index in [9.17, 15) is 4.79 Å².